The van der Waals surface area contributed by atoms with Crippen LogP contribution in [0, 0.1) is 0 Å². The van der Waals surface area contributed by atoms with Crippen molar-refractivity contribution >= 4 is 151 Å². The first kappa shape index (κ1) is 68.5. The number of pyridine rings is 3. The molecular weight excluding hydrogens is 1240 g/mol. The molecule has 0 saturated carbocycles. The van der Waals surface area contributed by atoms with Crippen LogP contribution in [0.1, 0.15) is 83.3 Å². The van der Waals surface area contributed by atoms with Gasteiger partial charge >= 0.3 is 23.9 Å². The number of carbonyl (C=O) groups excluding carboxylic acids is 4. The number of hydrogen-bond donors (Lipinski definition) is 7. The fourth-order valence-electron chi connectivity index (χ4n) is 5.85. The number of aromatic carboxylic acids is 2. The molecule has 0 atom stereocenters. The van der Waals surface area contributed by atoms with Crippen LogP contribution in [0.15, 0.2) is 104 Å². The summed E-state index contributed by atoms with van der Waals surface area (Å²) in [5.74, 6) is -3.22. The average molecular weight is 1290 g/mol. The topological polar surface area (TPSA) is 324 Å². The lowest BCUT2D eigenvalue weighted by molar-refractivity contribution is 0.0591. The van der Waals surface area contributed by atoms with Crippen molar-refractivity contribution in [1.82, 2.24) is 15.0 Å². The highest BCUT2D eigenvalue weighted by Gasteiger charge is 2.17. The van der Waals surface area contributed by atoms with Gasteiger partial charge in [0.15, 0.2) is 23.0 Å². The molecule has 4 aromatic carbocycles. The van der Waals surface area contributed by atoms with Crippen molar-refractivity contribution in [1.29, 1.82) is 0 Å². The number of methoxy groups -OCH3 is 2. The van der Waals surface area contributed by atoms with Gasteiger partial charge < -0.3 is 61.1 Å². The van der Waals surface area contributed by atoms with Gasteiger partial charge in [-0.05, 0) is 106 Å². The van der Waals surface area contributed by atoms with Gasteiger partial charge in [-0.3, -0.25) is 19.6 Å². The van der Waals surface area contributed by atoms with Crippen LogP contribution < -0.4 is 36.3 Å². The minimum atomic E-state index is -1.13. The van der Waals surface area contributed by atoms with Crippen LogP contribution in [0.5, 0.6) is 23.0 Å². The number of nitrogens with two attached hydrogens (primary N) is 2. The Hall–Kier alpha value is -7.73. The summed E-state index contributed by atoms with van der Waals surface area (Å²) in [6.07, 6.45) is 3.53. The molecule has 0 aliphatic rings. The second-order valence-electron chi connectivity index (χ2n) is 15.3. The summed E-state index contributed by atoms with van der Waals surface area (Å²) in [5.41, 5.74) is 13.2. The van der Waals surface area contributed by atoms with Gasteiger partial charge in [-0.1, -0.05) is 92.8 Å². The van der Waals surface area contributed by atoms with E-state index in [1.165, 1.54) is 93.2 Å². The molecule has 0 saturated heterocycles. The predicted molar refractivity (Wildman–Crippen MR) is 315 cm³/mol. The molecule has 2 amide bonds. The summed E-state index contributed by atoms with van der Waals surface area (Å²) >= 11 is 46.9. The number of aromatic hydroxyl groups is 1. The molecule has 0 spiro atoms. The molecule has 21 nitrogen and oxygen atoms in total. The lowest BCUT2D eigenvalue weighted by Crippen LogP contribution is -2.14. The van der Waals surface area contributed by atoms with E-state index >= 15 is 0 Å². The van der Waals surface area contributed by atoms with Crippen molar-refractivity contribution in [2.45, 2.75) is 20.8 Å². The number of ether oxygens (including phenoxy) is 5. The Kier molecular flexibility index (Phi) is 28.3. The van der Waals surface area contributed by atoms with Gasteiger partial charge in [-0.15, -0.1) is 0 Å². The van der Waals surface area contributed by atoms with Crippen LogP contribution in [0.25, 0.3) is 0 Å². The van der Waals surface area contributed by atoms with Crippen molar-refractivity contribution in [3.05, 3.63) is 177 Å². The van der Waals surface area contributed by atoms with Gasteiger partial charge in [0.2, 0.25) is 0 Å². The Morgan fingerprint density at radius 3 is 1.01 bits per heavy atom. The second kappa shape index (κ2) is 33.9. The lowest BCUT2D eigenvalue weighted by atomic mass is 10.2. The first-order valence-corrected chi connectivity index (χ1v) is 26.0. The number of nitrogen functional groups attached to an aromatic ring is 2. The van der Waals surface area contributed by atoms with Crippen LogP contribution in [-0.2, 0) is 9.47 Å². The van der Waals surface area contributed by atoms with Gasteiger partial charge in [0.1, 0.15) is 17.1 Å². The number of hydrogen-bond acceptors (Lipinski definition) is 17. The van der Waals surface area contributed by atoms with E-state index in [-0.39, 0.29) is 69.7 Å². The molecule has 0 unspecified atom stereocenters. The van der Waals surface area contributed by atoms with Gasteiger partial charge in [0, 0.05) is 41.3 Å². The van der Waals surface area contributed by atoms with E-state index in [1.54, 1.807) is 19.1 Å². The normalized spacial score (nSPS) is 9.96. The fourth-order valence-corrected chi connectivity index (χ4v) is 8.16. The average Bonchev–Trinajstić information content (AvgIpc) is 3.54. The Labute approximate surface area is 508 Å². The number of aromatic nitrogens is 3. The third-order valence-corrected chi connectivity index (χ3v) is 11.8. The quantitative estimate of drug-likeness (QED) is 0.0302. The lowest BCUT2D eigenvalue weighted by Gasteiger charge is -2.11. The standard InChI is InChI=1S/C16H14Cl2N2O4.C15H12Cl2N2O4.C8H9Cl2NO.C8H7NO4.C6H5Cl2NO/c1-3-24-14-11(17)6-10(7-12(14)18)20-15(21)13-5-4-9(8-19-13)16(22)23-2;1-2-23-13-10(16)5-9(6-11(13)17)19-14(20)12-4-3-8(7-18-12)15(21)22;1-2-12-8-6(9)3-5(11)4-7(8)10;1-13-8(12)5-2-3-6(7(10)11)9-4-5;7-4-1-3(9)2-5(8)6(4)10/h4-8H,3H2,1-2H3,(H,20,21);3-7H,2H2,1H3,(H,19,20)(H,21,22);3-4H,2,11H2,1H3;2-4H,1H3,(H,10,11);1-2,10H,9H2. The second-order valence-corrected chi connectivity index (χ2v) is 18.5. The van der Waals surface area contributed by atoms with Crippen LogP contribution in [-0.4, -0.2) is 100 Å². The number of esters is 2. The van der Waals surface area contributed by atoms with Gasteiger partial charge in [-0.25, -0.2) is 24.2 Å². The predicted octanol–water partition coefficient (Wildman–Crippen LogP) is 13.4. The molecule has 434 valence electrons. The number of phenolic OH excluding ortho intramolecular Hbond substituents is 1. The van der Waals surface area contributed by atoms with Crippen LogP contribution in [0.2, 0.25) is 40.2 Å². The number of anilines is 4. The molecule has 29 heteroatoms. The Morgan fingerprint density at radius 2 is 0.744 bits per heavy atom. The summed E-state index contributed by atoms with van der Waals surface area (Å²) in [5, 5.41) is 33.9. The third-order valence-electron chi connectivity index (χ3n) is 9.50. The molecular formula is C53H47Cl8N7O14. The highest BCUT2D eigenvalue weighted by atomic mass is 35.5. The maximum Gasteiger partial charge on any atom is 0.354 e. The zero-order valence-corrected chi connectivity index (χ0v) is 49.3. The number of carboxylic acid groups (broad SMARTS) is 2. The molecule has 0 fully saturated rings. The van der Waals surface area contributed by atoms with Crippen molar-refractivity contribution in [3.63, 3.8) is 0 Å². The van der Waals surface area contributed by atoms with E-state index in [0.29, 0.717) is 69.9 Å². The zero-order valence-electron chi connectivity index (χ0n) is 43.3. The van der Waals surface area contributed by atoms with Crippen molar-refractivity contribution in [2.75, 3.05) is 56.1 Å². The van der Waals surface area contributed by atoms with Gasteiger partial charge in [-0.2, -0.15) is 0 Å². The Bertz CT molecular complexity index is 3290. The van der Waals surface area contributed by atoms with Crippen molar-refractivity contribution < 1.29 is 67.8 Å². The number of phenols is 1. The number of rotatable bonds is 14. The number of nitrogens with zero attached hydrogens (tertiary/aromatic N) is 3. The van der Waals surface area contributed by atoms with E-state index in [2.05, 4.69) is 35.1 Å². The fraction of sp³-hybridized carbons (Fsp3) is 0.151. The molecule has 3 heterocycles. The number of carboxylic acids is 2. The molecule has 3 aromatic heterocycles. The molecule has 7 rings (SSSR count). The maximum atomic E-state index is 12.2. The number of halogens is 8. The summed E-state index contributed by atoms with van der Waals surface area (Å²) in [4.78, 5) is 78.9. The molecule has 0 radical (unpaired) electrons. The smallest absolute Gasteiger partial charge is 0.354 e. The number of amides is 2. The number of benzene rings is 4. The summed E-state index contributed by atoms with van der Waals surface area (Å²) in [6, 6.07) is 20.2. The minimum absolute atomic E-state index is 0.00583. The van der Waals surface area contributed by atoms with E-state index < -0.39 is 35.7 Å². The van der Waals surface area contributed by atoms with Crippen molar-refractivity contribution in [2.24, 2.45) is 0 Å². The molecule has 0 aliphatic carbocycles. The van der Waals surface area contributed by atoms with E-state index in [1.807, 2.05) is 13.8 Å². The molecule has 82 heavy (non-hydrogen) atoms. The molecule has 9 N–H and O–H groups in total. The minimum Gasteiger partial charge on any atom is -0.505 e. The molecule has 0 bridgehead atoms. The zero-order chi connectivity index (χ0) is 61.4. The monoisotopic (exact) mass is 1290 g/mol. The van der Waals surface area contributed by atoms with Crippen LogP contribution >= 0.6 is 92.8 Å². The summed E-state index contributed by atoms with van der Waals surface area (Å²) < 4.78 is 24.8. The summed E-state index contributed by atoms with van der Waals surface area (Å²) in [7, 11) is 2.51. The number of carbonyl (C=O) groups is 6. The molecule has 7 aromatic rings. The van der Waals surface area contributed by atoms with E-state index in [9.17, 15) is 28.8 Å². The highest BCUT2D eigenvalue weighted by molar-refractivity contribution is 6.39. The largest absolute Gasteiger partial charge is 0.505 e. The van der Waals surface area contributed by atoms with E-state index in [0.717, 1.165) is 12.4 Å². The third kappa shape index (κ3) is 21.3. The maximum absolute atomic E-state index is 12.2. The SMILES string of the molecule is CCOc1c(Cl)cc(N)cc1Cl.CCOc1c(Cl)cc(NC(=O)c2ccc(C(=O)O)cn2)cc1Cl.CCOc1c(Cl)cc(NC(=O)c2ccc(C(=O)OC)cn2)cc1Cl.COC(=O)c1ccc(C(=O)O)nc1.Nc1cc(Cl)c(O)c(Cl)c1. The van der Waals surface area contributed by atoms with E-state index in [4.69, 9.17) is 134 Å². The first-order valence-electron chi connectivity index (χ1n) is 23.0. The Balaban J connectivity index is 0.000000281. The Morgan fingerprint density at radius 1 is 0.451 bits per heavy atom. The van der Waals surface area contributed by atoms with Crippen LogP contribution in [0.3, 0.4) is 0 Å². The van der Waals surface area contributed by atoms with Crippen LogP contribution in [0.4, 0.5) is 22.7 Å². The highest BCUT2D eigenvalue weighted by Crippen LogP contribution is 2.38. The summed E-state index contributed by atoms with van der Waals surface area (Å²) in [6.45, 7) is 6.83. The number of nitrogens with one attached hydrogen (secondary N) is 2. The van der Waals surface area contributed by atoms with Crippen molar-refractivity contribution in [3.8, 4) is 23.0 Å². The van der Waals surface area contributed by atoms with Gasteiger partial charge in [0.05, 0.1) is 90.9 Å². The van der Waals surface area contributed by atoms with Gasteiger partial charge in [0.25, 0.3) is 11.8 Å². The molecule has 0 aliphatic heterocycles. The first-order chi connectivity index (χ1) is 38.8.